The molecule has 2 bridgehead atoms. The van der Waals surface area contributed by atoms with E-state index in [4.69, 9.17) is 9.47 Å². The van der Waals surface area contributed by atoms with E-state index in [0.29, 0.717) is 16.9 Å². The molecule has 0 aromatic heterocycles. The molecule has 2 aliphatic carbocycles. The molecule has 7 atom stereocenters. The summed E-state index contributed by atoms with van der Waals surface area (Å²) in [5.74, 6) is -2.16. The number of methoxy groups -OCH3 is 1. The smallest absolute Gasteiger partial charge is 0.316 e. The average Bonchev–Trinajstić information content (AvgIpc) is 3.66. The van der Waals surface area contributed by atoms with Crippen molar-refractivity contribution in [2.45, 2.75) is 29.4 Å². The third-order valence-electron chi connectivity index (χ3n) is 8.74. The summed E-state index contributed by atoms with van der Waals surface area (Å²) in [6.07, 6.45) is 0.749. The molecule has 2 saturated carbocycles. The highest BCUT2D eigenvalue weighted by molar-refractivity contribution is 9.12. The summed E-state index contributed by atoms with van der Waals surface area (Å²) in [4.78, 5) is 66.1. The van der Waals surface area contributed by atoms with Crippen molar-refractivity contribution < 1.29 is 33.6 Å². The van der Waals surface area contributed by atoms with Gasteiger partial charge in [0.25, 0.3) is 5.69 Å². The number of rotatable bonds is 6. The zero-order valence-corrected chi connectivity index (χ0v) is 25.2. The van der Waals surface area contributed by atoms with Crippen LogP contribution in [0, 0.1) is 46.6 Å². The van der Waals surface area contributed by atoms with E-state index in [9.17, 15) is 29.3 Å². The number of hydrogen-bond donors (Lipinski definition) is 0. The minimum absolute atomic E-state index is 0.0218. The van der Waals surface area contributed by atoms with Crippen LogP contribution in [-0.2, 0) is 19.2 Å². The molecule has 0 spiro atoms. The van der Waals surface area contributed by atoms with E-state index in [1.807, 2.05) is 0 Å². The lowest BCUT2D eigenvalue weighted by atomic mass is 9.81. The number of aryl methyl sites for hydroxylation is 1. The zero-order chi connectivity index (χ0) is 29.3. The van der Waals surface area contributed by atoms with E-state index in [2.05, 4.69) is 31.9 Å². The third kappa shape index (κ3) is 4.35. The number of non-ortho nitro benzene ring substituents is 1. The first-order valence-corrected chi connectivity index (χ1v) is 15.0. The van der Waals surface area contributed by atoms with E-state index < -0.39 is 16.8 Å². The maximum atomic E-state index is 13.4. The van der Waals surface area contributed by atoms with Crippen molar-refractivity contribution >= 4 is 72.6 Å². The highest BCUT2D eigenvalue weighted by Crippen LogP contribution is 2.60. The number of hydrogen-bond acceptors (Lipinski definition) is 8. The second-order valence-corrected chi connectivity index (χ2v) is 13.0. The molecule has 41 heavy (non-hydrogen) atoms. The molecule has 4 aliphatic rings. The minimum atomic E-state index is -0.770. The fourth-order valence-electron chi connectivity index (χ4n) is 6.83. The van der Waals surface area contributed by atoms with Crippen LogP contribution in [0.2, 0.25) is 0 Å². The van der Waals surface area contributed by atoms with Crippen LogP contribution in [-0.4, -0.2) is 51.9 Å². The number of benzene rings is 2. The molecule has 2 aromatic carbocycles. The van der Waals surface area contributed by atoms with Crippen LogP contribution >= 0.6 is 31.9 Å². The second kappa shape index (κ2) is 10.2. The average molecular weight is 691 g/mol. The zero-order valence-electron chi connectivity index (χ0n) is 22.0. The molecule has 4 fully saturated rings. The number of alkyl halides is 2. The van der Waals surface area contributed by atoms with Gasteiger partial charge in [0.2, 0.25) is 17.7 Å². The van der Waals surface area contributed by atoms with Gasteiger partial charge in [-0.3, -0.25) is 29.3 Å². The van der Waals surface area contributed by atoms with Crippen molar-refractivity contribution in [2.75, 3.05) is 23.5 Å². The van der Waals surface area contributed by atoms with Crippen LogP contribution in [0.25, 0.3) is 0 Å². The number of nitro benzene ring substituents is 1. The van der Waals surface area contributed by atoms with Gasteiger partial charge in [-0.05, 0) is 55.0 Å². The van der Waals surface area contributed by atoms with Crippen LogP contribution in [0.4, 0.5) is 17.1 Å². The van der Waals surface area contributed by atoms with Crippen molar-refractivity contribution in [2.24, 2.45) is 29.6 Å². The number of esters is 1. The number of ether oxygens (including phenoxy) is 2. The first kappa shape index (κ1) is 27.8. The Balaban J connectivity index is 1.16. The van der Waals surface area contributed by atoms with Crippen LogP contribution in [0.3, 0.4) is 0 Å². The lowest BCUT2D eigenvalue weighted by Gasteiger charge is -2.28. The molecular weight excluding hydrogens is 666 g/mol. The maximum absolute atomic E-state index is 13.4. The number of halogens is 2. The number of carbonyl (C=O) groups is 4. The largest absolute Gasteiger partial charge is 0.494 e. The normalized spacial score (nSPS) is 30.2. The fourth-order valence-corrected chi connectivity index (χ4v) is 8.70. The standard InChI is InChI=1S/C28H25Br2N3O8/c1-12-7-15(4-6-18(12)32-26(35)22-16-10-17(23(22)27(32)36)25(30)24(16)29)41-28(37)13-8-21(34)31(11-13)19-5-3-14(33(38)39)9-20(19)40-2/h3-7,9,13,16-17,22-25H,8,10-11H2,1-2H3/t13-,16-,17-,22-,23+,24+,25+/m1/s1. The number of nitro groups is 1. The molecule has 0 N–H and O–H groups in total. The molecule has 2 aliphatic heterocycles. The third-order valence-corrected chi connectivity index (χ3v) is 11.9. The Morgan fingerprint density at radius 2 is 1.63 bits per heavy atom. The van der Waals surface area contributed by atoms with Gasteiger partial charge < -0.3 is 14.4 Å². The van der Waals surface area contributed by atoms with E-state index in [1.54, 1.807) is 19.1 Å². The molecule has 11 nitrogen and oxygen atoms in total. The van der Waals surface area contributed by atoms with Crippen LogP contribution < -0.4 is 19.3 Å². The topological polar surface area (TPSA) is 136 Å². The van der Waals surface area contributed by atoms with E-state index in [0.717, 1.165) is 6.42 Å². The van der Waals surface area contributed by atoms with Gasteiger partial charge in [0.1, 0.15) is 11.5 Å². The van der Waals surface area contributed by atoms with Gasteiger partial charge in [-0.2, -0.15) is 0 Å². The number of anilines is 2. The molecule has 6 rings (SSSR count). The Kier molecular flexibility index (Phi) is 6.92. The number of imide groups is 1. The van der Waals surface area contributed by atoms with Crippen molar-refractivity contribution in [3.05, 3.63) is 52.1 Å². The highest BCUT2D eigenvalue weighted by Gasteiger charge is 2.66. The van der Waals surface area contributed by atoms with E-state index >= 15 is 0 Å². The fraction of sp³-hybridized carbons (Fsp3) is 0.429. The van der Waals surface area contributed by atoms with Crippen molar-refractivity contribution in [1.82, 2.24) is 0 Å². The van der Waals surface area contributed by atoms with Gasteiger partial charge in [0.05, 0.1) is 47.2 Å². The number of carbonyl (C=O) groups excluding carboxylic acids is 4. The van der Waals surface area contributed by atoms with Gasteiger partial charge in [-0.1, -0.05) is 31.9 Å². The lowest BCUT2D eigenvalue weighted by Crippen LogP contribution is -2.37. The van der Waals surface area contributed by atoms with Crippen molar-refractivity contribution in [3.63, 3.8) is 0 Å². The van der Waals surface area contributed by atoms with Crippen LogP contribution in [0.15, 0.2) is 36.4 Å². The van der Waals surface area contributed by atoms with Gasteiger partial charge in [0, 0.05) is 28.7 Å². The minimum Gasteiger partial charge on any atom is -0.494 e. The molecule has 2 saturated heterocycles. The van der Waals surface area contributed by atoms with Crippen LogP contribution in [0.1, 0.15) is 18.4 Å². The molecule has 2 heterocycles. The summed E-state index contributed by atoms with van der Waals surface area (Å²) < 4.78 is 10.8. The summed E-state index contributed by atoms with van der Waals surface area (Å²) >= 11 is 7.40. The second-order valence-electron chi connectivity index (χ2n) is 10.9. The van der Waals surface area contributed by atoms with Gasteiger partial charge in [-0.15, -0.1) is 0 Å². The molecule has 0 radical (unpaired) electrons. The molecule has 214 valence electrons. The Bertz CT molecular complexity index is 1480. The van der Waals surface area contributed by atoms with Crippen molar-refractivity contribution in [1.29, 1.82) is 0 Å². The summed E-state index contributed by atoms with van der Waals surface area (Å²) in [6.45, 7) is 1.77. The molecule has 0 unspecified atom stereocenters. The van der Waals surface area contributed by atoms with Crippen molar-refractivity contribution in [3.8, 4) is 11.5 Å². The Labute approximate surface area is 251 Å². The Morgan fingerprint density at radius 3 is 2.22 bits per heavy atom. The molecule has 2 aromatic rings. The first-order valence-electron chi connectivity index (χ1n) is 13.1. The Hall–Kier alpha value is -3.32. The lowest BCUT2D eigenvalue weighted by molar-refractivity contribution is -0.384. The summed E-state index contributed by atoms with van der Waals surface area (Å²) in [7, 11) is 1.34. The first-order chi connectivity index (χ1) is 19.5. The summed E-state index contributed by atoms with van der Waals surface area (Å²) in [5.41, 5.74) is 1.22. The molecular formula is C28H25Br2N3O8. The predicted molar refractivity (Wildman–Crippen MR) is 153 cm³/mol. The Morgan fingerprint density at radius 1 is 1.00 bits per heavy atom. The van der Waals surface area contributed by atoms with E-state index in [-0.39, 0.29) is 81.2 Å². The summed E-state index contributed by atoms with van der Waals surface area (Å²) in [6, 6.07) is 8.67. The van der Waals surface area contributed by atoms with Crippen LogP contribution in [0.5, 0.6) is 11.5 Å². The van der Waals surface area contributed by atoms with Gasteiger partial charge in [-0.25, -0.2) is 4.90 Å². The monoisotopic (exact) mass is 689 g/mol. The molecule has 13 heteroatoms. The predicted octanol–water partition coefficient (Wildman–Crippen LogP) is 4.15. The highest BCUT2D eigenvalue weighted by atomic mass is 79.9. The quantitative estimate of drug-likeness (QED) is 0.110. The van der Waals surface area contributed by atoms with Gasteiger partial charge >= 0.3 is 5.97 Å². The molecule has 3 amide bonds. The number of amides is 3. The van der Waals surface area contributed by atoms with Gasteiger partial charge in [0.15, 0.2) is 0 Å². The SMILES string of the molecule is COc1cc([N+](=O)[O-])ccc1N1C[C@H](C(=O)Oc2ccc(N3C(=O)[C@@H]4[C@H]5C[C@@H]([C@H](Br)[C@H]5Br)[C@@H]4C3=O)c(C)c2)CC1=O. The van der Waals surface area contributed by atoms with E-state index in [1.165, 1.54) is 41.2 Å². The number of fused-ring (bicyclic) bond motifs is 5. The number of nitrogens with zero attached hydrogens (tertiary/aromatic N) is 3. The maximum Gasteiger partial charge on any atom is 0.316 e. The summed E-state index contributed by atoms with van der Waals surface area (Å²) in [5, 5.41) is 11.1.